The van der Waals surface area contributed by atoms with Crippen LogP contribution in [0.2, 0.25) is 0 Å². The smallest absolute Gasteiger partial charge is 0.320 e. The molecule has 1 unspecified atom stereocenters. The average molecular weight is 225 g/mol. The molecule has 1 saturated carbocycles. The van der Waals surface area contributed by atoms with Crippen LogP contribution in [0.1, 0.15) is 46.0 Å². The highest BCUT2D eigenvalue weighted by Crippen LogP contribution is 2.46. The van der Waals surface area contributed by atoms with E-state index in [9.17, 15) is 9.90 Å². The molecule has 92 valence electrons. The van der Waals surface area contributed by atoms with Crippen molar-refractivity contribution >= 4 is 5.97 Å². The van der Waals surface area contributed by atoms with E-state index in [2.05, 4.69) is 18.7 Å². The van der Waals surface area contributed by atoms with E-state index < -0.39 is 5.97 Å². The molecule has 2 aliphatic rings. The molecule has 3 nitrogen and oxygen atoms in total. The number of aliphatic carboxylic acids is 1. The van der Waals surface area contributed by atoms with E-state index >= 15 is 0 Å². The van der Waals surface area contributed by atoms with E-state index in [0.717, 1.165) is 19.5 Å². The molecular formula is C13H23NO2. The molecule has 0 amide bonds. The first-order valence-electron chi connectivity index (χ1n) is 6.49. The molecule has 0 bridgehead atoms. The molecule has 0 aromatic carbocycles. The molecule has 0 radical (unpaired) electrons. The van der Waals surface area contributed by atoms with Crippen LogP contribution in [0.25, 0.3) is 0 Å². The summed E-state index contributed by atoms with van der Waals surface area (Å²) in [5.74, 6) is -0.178. The molecule has 1 aliphatic carbocycles. The molecule has 1 spiro atoms. The molecule has 3 heteroatoms. The van der Waals surface area contributed by atoms with E-state index in [1.807, 2.05) is 0 Å². The molecule has 1 aliphatic heterocycles. The minimum Gasteiger partial charge on any atom is -0.480 e. The van der Waals surface area contributed by atoms with Crippen molar-refractivity contribution in [3.63, 3.8) is 0 Å². The van der Waals surface area contributed by atoms with Crippen molar-refractivity contribution in [2.75, 3.05) is 13.1 Å². The summed E-state index contributed by atoms with van der Waals surface area (Å²) in [6, 6.07) is -0.244. The highest BCUT2D eigenvalue weighted by atomic mass is 16.4. The first-order chi connectivity index (χ1) is 7.52. The number of hydrogen-bond donors (Lipinski definition) is 1. The molecule has 2 fully saturated rings. The van der Waals surface area contributed by atoms with E-state index in [1.165, 1.54) is 25.7 Å². The standard InChI is InChI=1S/C13H23NO2/c1-10(2)7-11(12(15)16)14-8-13(9-14)5-3-4-6-13/h10-11H,3-9H2,1-2H3,(H,15,16). The van der Waals surface area contributed by atoms with Gasteiger partial charge in [-0.25, -0.2) is 0 Å². The number of nitrogens with zero attached hydrogens (tertiary/aromatic N) is 1. The molecule has 16 heavy (non-hydrogen) atoms. The minimum absolute atomic E-state index is 0.244. The van der Waals surface area contributed by atoms with Crippen LogP contribution in [0.15, 0.2) is 0 Å². The van der Waals surface area contributed by atoms with Crippen molar-refractivity contribution in [1.29, 1.82) is 0 Å². The van der Waals surface area contributed by atoms with Crippen LogP contribution in [0.3, 0.4) is 0 Å². The SMILES string of the molecule is CC(C)CC(C(=O)O)N1CC2(CCCC2)C1. The predicted molar refractivity (Wildman–Crippen MR) is 63.4 cm³/mol. The van der Waals surface area contributed by atoms with Crippen LogP contribution in [0, 0.1) is 11.3 Å². The number of rotatable bonds is 4. The van der Waals surface area contributed by atoms with Gasteiger partial charge in [0.1, 0.15) is 6.04 Å². The normalized spacial score (nSPS) is 25.9. The average Bonchev–Trinajstić information content (AvgIpc) is 2.59. The van der Waals surface area contributed by atoms with Gasteiger partial charge in [0.25, 0.3) is 0 Å². The quantitative estimate of drug-likeness (QED) is 0.798. The number of carboxylic acid groups (broad SMARTS) is 1. The predicted octanol–water partition coefficient (Wildman–Crippen LogP) is 2.36. The maximum absolute atomic E-state index is 11.2. The van der Waals surface area contributed by atoms with Crippen LogP contribution in [-0.2, 0) is 4.79 Å². The van der Waals surface area contributed by atoms with Crippen molar-refractivity contribution in [3.05, 3.63) is 0 Å². The Morgan fingerprint density at radius 3 is 2.31 bits per heavy atom. The summed E-state index contributed by atoms with van der Waals surface area (Å²) >= 11 is 0. The summed E-state index contributed by atoms with van der Waals surface area (Å²) in [6.45, 7) is 6.25. The highest BCUT2D eigenvalue weighted by Gasteiger charge is 2.48. The van der Waals surface area contributed by atoms with Gasteiger partial charge in [-0.05, 0) is 30.6 Å². The van der Waals surface area contributed by atoms with Crippen molar-refractivity contribution < 1.29 is 9.90 Å². The lowest BCUT2D eigenvalue weighted by Gasteiger charge is -2.51. The van der Waals surface area contributed by atoms with Gasteiger partial charge >= 0.3 is 5.97 Å². The summed E-state index contributed by atoms with van der Waals surface area (Å²) in [5.41, 5.74) is 0.505. The maximum Gasteiger partial charge on any atom is 0.320 e. The van der Waals surface area contributed by atoms with Gasteiger partial charge in [0.2, 0.25) is 0 Å². The van der Waals surface area contributed by atoms with Gasteiger partial charge < -0.3 is 5.11 Å². The summed E-state index contributed by atoms with van der Waals surface area (Å²) in [4.78, 5) is 13.4. The lowest BCUT2D eigenvalue weighted by atomic mass is 9.77. The van der Waals surface area contributed by atoms with Gasteiger partial charge in [0, 0.05) is 13.1 Å². The van der Waals surface area contributed by atoms with Gasteiger partial charge in [0.05, 0.1) is 0 Å². The first kappa shape index (κ1) is 11.9. The van der Waals surface area contributed by atoms with E-state index in [0.29, 0.717) is 11.3 Å². The fourth-order valence-electron chi connectivity index (χ4n) is 3.33. The fraction of sp³-hybridized carbons (Fsp3) is 0.923. The monoisotopic (exact) mass is 225 g/mol. The molecule has 1 N–H and O–H groups in total. The van der Waals surface area contributed by atoms with Crippen LogP contribution in [0.5, 0.6) is 0 Å². The van der Waals surface area contributed by atoms with Gasteiger partial charge in [-0.3, -0.25) is 9.69 Å². The second-order valence-corrected chi connectivity index (χ2v) is 6.10. The molecule has 2 rings (SSSR count). The number of likely N-dealkylation sites (tertiary alicyclic amines) is 1. The molecule has 1 atom stereocenters. The fourth-order valence-corrected chi connectivity index (χ4v) is 3.33. The van der Waals surface area contributed by atoms with Crippen molar-refractivity contribution in [1.82, 2.24) is 4.90 Å². The molecule has 0 aromatic heterocycles. The lowest BCUT2D eigenvalue weighted by Crippen LogP contribution is -2.60. The van der Waals surface area contributed by atoms with Crippen molar-refractivity contribution in [2.24, 2.45) is 11.3 Å². The lowest BCUT2D eigenvalue weighted by molar-refractivity contribution is -0.150. The van der Waals surface area contributed by atoms with Crippen LogP contribution < -0.4 is 0 Å². The van der Waals surface area contributed by atoms with Gasteiger partial charge in [-0.15, -0.1) is 0 Å². The highest BCUT2D eigenvalue weighted by molar-refractivity contribution is 5.73. The zero-order valence-electron chi connectivity index (χ0n) is 10.4. The molecule has 1 saturated heterocycles. The zero-order valence-corrected chi connectivity index (χ0v) is 10.4. The third-order valence-corrected chi connectivity index (χ3v) is 4.16. The maximum atomic E-state index is 11.2. The van der Waals surface area contributed by atoms with Gasteiger partial charge in [0.15, 0.2) is 0 Å². The molecular weight excluding hydrogens is 202 g/mol. The Morgan fingerprint density at radius 2 is 1.88 bits per heavy atom. The summed E-state index contributed by atoms with van der Waals surface area (Å²) in [6.07, 6.45) is 6.10. The zero-order chi connectivity index (χ0) is 11.8. The summed E-state index contributed by atoms with van der Waals surface area (Å²) in [5, 5.41) is 9.25. The van der Waals surface area contributed by atoms with E-state index in [-0.39, 0.29) is 6.04 Å². The Balaban J connectivity index is 1.89. The topological polar surface area (TPSA) is 40.5 Å². The summed E-state index contributed by atoms with van der Waals surface area (Å²) < 4.78 is 0. The number of carbonyl (C=O) groups is 1. The number of hydrogen-bond acceptors (Lipinski definition) is 2. The Labute approximate surface area is 97.8 Å². The van der Waals surface area contributed by atoms with Gasteiger partial charge in [-0.2, -0.15) is 0 Å². The molecule has 1 heterocycles. The Kier molecular flexibility index (Phi) is 3.24. The Hall–Kier alpha value is -0.570. The second kappa shape index (κ2) is 4.36. The third kappa shape index (κ3) is 2.24. The largest absolute Gasteiger partial charge is 0.480 e. The first-order valence-corrected chi connectivity index (χ1v) is 6.49. The third-order valence-electron chi connectivity index (χ3n) is 4.16. The van der Waals surface area contributed by atoms with Gasteiger partial charge in [-0.1, -0.05) is 26.7 Å². The van der Waals surface area contributed by atoms with Crippen LogP contribution in [0.4, 0.5) is 0 Å². The van der Waals surface area contributed by atoms with E-state index in [4.69, 9.17) is 0 Å². The van der Waals surface area contributed by atoms with Crippen molar-refractivity contribution in [3.8, 4) is 0 Å². The second-order valence-electron chi connectivity index (χ2n) is 6.10. The van der Waals surface area contributed by atoms with E-state index in [1.54, 1.807) is 0 Å². The summed E-state index contributed by atoms with van der Waals surface area (Å²) in [7, 11) is 0. The van der Waals surface area contributed by atoms with Crippen LogP contribution >= 0.6 is 0 Å². The Morgan fingerprint density at radius 1 is 1.31 bits per heavy atom. The van der Waals surface area contributed by atoms with Crippen LogP contribution in [-0.4, -0.2) is 35.1 Å². The Bertz CT molecular complexity index is 261. The number of carboxylic acids is 1. The molecule has 0 aromatic rings. The van der Waals surface area contributed by atoms with Crippen molar-refractivity contribution in [2.45, 2.75) is 52.0 Å². The minimum atomic E-state index is -0.637.